The molecule has 0 saturated carbocycles. The average Bonchev–Trinajstić information content (AvgIpc) is 3.79. The number of ether oxygens (including phenoxy) is 2. The molecule has 8 rings (SSSR count). The smallest absolute Gasteiger partial charge is 0.475 e. The maximum absolute atomic E-state index is 13.9. The summed E-state index contributed by atoms with van der Waals surface area (Å²) in [5, 5.41) is 39.8. The lowest BCUT2D eigenvalue weighted by molar-refractivity contribution is -0.192. The zero-order valence-electron chi connectivity index (χ0n) is 33.1. The van der Waals surface area contributed by atoms with Crippen molar-refractivity contribution in [2.45, 2.75) is 50.7 Å². The van der Waals surface area contributed by atoms with Gasteiger partial charge in [0, 0.05) is 64.1 Å². The van der Waals surface area contributed by atoms with Gasteiger partial charge < -0.3 is 24.8 Å². The third-order valence-corrected chi connectivity index (χ3v) is 11.0. The Kier molecular flexibility index (Phi) is 14.3. The van der Waals surface area contributed by atoms with Gasteiger partial charge in [-0.25, -0.2) is 13.6 Å². The largest absolute Gasteiger partial charge is 0.490 e. The fourth-order valence-electron chi connectivity index (χ4n) is 7.65. The summed E-state index contributed by atoms with van der Waals surface area (Å²) < 4.78 is 72.8. The molecular weight excluding hydrogens is 810 g/mol. The summed E-state index contributed by atoms with van der Waals surface area (Å²) in [6, 6.07) is 14.2. The zero-order chi connectivity index (χ0) is 43.8. The zero-order valence-corrected chi connectivity index (χ0v) is 33.1. The first-order chi connectivity index (χ1) is 29.2. The first kappa shape index (κ1) is 44.6. The van der Waals surface area contributed by atoms with Gasteiger partial charge in [-0.2, -0.15) is 28.4 Å². The number of morpholine rings is 2. The van der Waals surface area contributed by atoms with Crippen LogP contribution < -0.4 is 5.32 Å². The van der Waals surface area contributed by atoms with Crippen molar-refractivity contribution >= 4 is 11.9 Å². The third-order valence-electron chi connectivity index (χ3n) is 11.0. The van der Waals surface area contributed by atoms with Crippen LogP contribution in [-0.2, 0) is 25.5 Å². The minimum Gasteiger partial charge on any atom is -0.475 e. The van der Waals surface area contributed by atoms with Crippen LogP contribution in [0, 0.1) is 48.1 Å². The summed E-state index contributed by atoms with van der Waals surface area (Å²) in [7, 11) is 0. The molecule has 2 aromatic carbocycles. The SMILES string of the molecule is Cc1c([C@@H]2CN3CCN(C(=O)Cc4ccc(-n5cnnn5)cn4)C[C@H]3CO2)ccc(F)c1C#N.Cc1c([C@@H]2CN3CCNC[C@H]3CO2)ccc(F)c1C#N.O=C(O)C(F)(F)F. The highest BCUT2D eigenvalue weighted by molar-refractivity contribution is 5.78. The van der Waals surface area contributed by atoms with Crippen molar-refractivity contribution in [2.75, 3.05) is 65.6 Å². The summed E-state index contributed by atoms with van der Waals surface area (Å²) >= 11 is 0. The van der Waals surface area contributed by atoms with Gasteiger partial charge in [0.2, 0.25) is 5.91 Å². The number of carbonyl (C=O) groups excluding carboxylic acids is 1. The number of carboxylic acids is 1. The van der Waals surface area contributed by atoms with Crippen molar-refractivity contribution in [3.8, 4) is 17.8 Å². The van der Waals surface area contributed by atoms with Crippen molar-refractivity contribution in [3.05, 3.63) is 99.6 Å². The molecule has 4 fully saturated rings. The highest BCUT2D eigenvalue weighted by Crippen LogP contribution is 2.32. The van der Waals surface area contributed by atoms with E-state index in [1.54, 1.807) is 38.2 Å². The lowest BCUT2D eigenvalue weighted by Gasteiger charge is -2.46. The van der Waals surface area contributed by atoms with Crippen LogP contribution in [0.5, 0.6) is 0 Å². The molecule has 4 saturated heterocycles. The van der Waals surface area contributed by atoms with Gasteiger partial charge in [-0.15, -0.1) is 5.10 Å². The minimum atomic E-state index is -5.08. The number of aliphatic carboxylic acids is 1. The molecule has 4 aliphatic rings. The number of pyridine rings is 1. The Labute approximate surface area is 347 Å². The number of benzene rings is 2. The number of halogens is 5. The number of amides is 1. The molecule has 0 aliphatic carbocycles. The minimum absolute atomic E-state index is 0.0255. The number of fused-ring (bicyclic) bond motifs is 2. The Morgan fingerprint density at radius 2 is 1.46 bits per heavy atom. The molecule has 0 bridgehead atoms. The standard InChI is InChI=1S/C23H23FN8O2.C15H18FN3O.C2HF3O2/c1-15-19(4-5-21(24)20(15)9-25)22-12-30-6-7-31(11-18(30)13-34-22)23(33)8-16-2-3-17(10-26-16)32-14-27-28-29-32;1-10-12(2-3-14(16)13(10)6-17)15-8-19-5-4-18-7-11(19)9-20-15;3-2(4,5)1(6)7/h2-5,10,14,18,22H,6-8,11-13H2,1H3;2-3,11,15,18H,4-5,7-9H2,1H3;(H,6,7)/t18-,22-;11-,15-;/m00./s1. The Balaban J connectivity index is 0.000000194. The van der Waals surface area contributed by atoms with Gasteiger partial charge in [0.05, 0.1) is 60.9 Å². The predicted molar refractivity (Wildman–Crippen MR) is 204 cm³/mol. The summed E-state index contributed by atoms with van der Waals surface area (Å²) in [6.45, 7) is 11.0. The van der Waals surface area contributed by atoms with Gasteiger partial charge in [-0.05, 0) is 70.8 Å². The van der Waals surface area contributed by atoms with Crippen molar-refractivity contribution < 1.29 is 46.1 Å². The van der Waals surface area contributed by atoms with Gasteiger partial charge in [0.1, 0.15) is 30.1 Å². The monoisotopic (exact) mass is 851 g/mol. The van der Waals surface area contributed by atoms with E-state index < -0.39 is 23.8 Å². The number of tetrazole rings is 1. The molecule has 61 heavy (non-hydrogen) atoms. The molecule has 0 unspecified atom stereocenters. The molecular formula is C40H42F5N11O5. The van der Waals surface area contributed by atoms with Gasteiger partial charge >= 0.3 is 12.1 Å². The molecule has 4 atom stereocenters. The summed E-state index contributed by atoms with van der Waals surface area (Å²) in [4.78, 5) is 32.8. The molecule has 1 amide bonds. The maximum Gasteiger partial charge on any atom is 0.490 e. The molecule has 4 aliphatic heterocycles. The molecule has 0 radical (unpaired) electrons. The van der Waals surface area contributed by atoms with Gasteiger partial charge in [0.15, 0.2) is 0 Å². The summed E-state index contributed by atoms with van der Waals surface area (Å²) in [6.07, 6.45) is -2.04. The van der Waals surface area contributed by atoms with Crippen LogP contribution >= 0.6 is 0 Å². The average molecular weight is 852 g/mol. The highest BCUT2D eigenvalue weighted by Gasteiger charge is 2.39. The Hall–Kier alpha value is -5.97. The molecule has 6 heterocycles. The summed E-state index contributed by atoms with van der Waals surface area (Å²) in [5.74, 6) is -3.70. The van der Waals surface area contributed by atoms with Crippen LogP contribution in [0.25, 0.3) is 5.69 Å². The number of nitriles is 2. The van der Waals surface area contributed by atoms with Crippen molar-refractivity contribution in [1.82, 2.24) is 45.2 Å². The fourth-order valence-corrected chi connectivity index (χ4v) is 7.65. The number of nitrogens with zero attached hydrogens (tertiary/aromatic N) is 10. The lowest BCUT2D eigenvalue weighted by atomic mass is 9.96. The maximum atomic E-state index is 13.9. The lowest BCUT2D eigenvalue weighted by Crippen LogP contribution is -2.59. The number of carboxylic acid groups (broad SMARTS) is 1. The Morgan fingerprint density at radius 1 is 0.869 bits per heavy atom. The van der Waals surface area contributed by atoms with E-state index in [1.807, 2.05) is 23.1 Å². The van der Waals surface area contributed by atoms with E-state index in [2.05, 4.69) is 35.6 Å². The van der Waals surface area contributed by atoms with Crippen LogP contribution in [0.4, 0.5) is 22.0 Å². The number of hydrogen-bond acceptors (Lipinski definition) is 13. The number of piperazine rings is 2. The molecule has 16 nitrogen and oxygen atoms in total. The van der Waals surface area contributed by atoms with Gasteiger partial charge in [0.25, 0.3) is 0 Å². The van der Waals surface area contributed by atoms with Crippen LogP contribution in [0.1, 0.15) is 51.3 Å². The van der Waals surface area contributed by atoms with Crippen LogP contribution in [0.3, 0.4) is 0 Å². The van der Waals surface area contributed by atoms with E-state index in [-0.39, 0.29) is 41.7 Å². The van der Waals surface area contributed by atoms with Crippen molar-refractivity contribution in [1.29, 1.82) is 10.5 Å². The van der Waals surface area contributed by atoms with Crippen molar-refractivity contribution in [2.24, 2.45) is 0 Å². The number of rotatable bonds is 5. The third kappa shape index (κ3) is 10.7. The van der Waals surface area contributed by atoms with Crippen LogP contribution in [-0.4, -0.2) is 141 Å². The van der Waals surface area contributed by atoms with Gasteiger partial charge in [-0.1, -0.05) is 12.1 Å². The summed E-state index contributed by atoms with van der Waals surface area (Å²) in [5.41, 5.74) is 4.70. The second-order valence-electron chi connectivity index (χ2n) is 14.7. The first-order valence-corrected chi connectivity index (χ1v) is 19.2. The van der Waals surface area contributed by atoms with Crippen LogP contribution in [0.15, 0.2) is 48.9 Å². The molecule has 4 aromatic rings. The predicted octanol–water partition coefficient (Wildman–Crippen LogP) is 3.19. The Bertz CT molecular complexity index is 2270. The first-order valence-electron chi connectivity index (χ1n) is 19.2. The molecule has 322 valence electrons. The molecule has 0 spiro atoms. The number of aromatic nitrogens is 5. The number of hydrogen-bond donors (Lipinski definition) is 2. The van der Waals surface area contributed by atoms with E-state index in [9.17, 15) is 32.0 Å². The Morgan fingerprint density at radius 3 is 1.98 bits per heavy atom. The normalized spacial score (nSPS) is 21.6. The van der Waals surface area contributed by atoms with Gasteiger partial charge in [-0.3, -0.25) is 19.6 Å². The van der Waals surface area contributed by atoms with Crippen molar-refractivity contribution in [3.63, 3.8) is 0 Å². The van der Waals surface area contributed by atoms with E-state index in [0.29, 0.717) is 55.7 Å². The topological polar surface area (TPSA) is 199 Å². The second-order valence-corrected chi connectivity index (χ2v) is 14.7. The van der Waals surface area contributed by atoms with Crippen LogP contribution in [0.2, 0.25) is 0 Å². The number of alkyl halides is 3. The number of carbonyl (C=O) groups is 2. The second kappa shape index (κ2) is 19.6. The quantitative estimate of drug-likeness (QED) is 0.278. The fraction of sp³-hybridized carbons (Fsp3) is 0.450. The molecule has 2 N–H and O–H groups in total. The molecule has 21 heteroatoms. The van der Waals surface area contributed by atoms with E-state index in [1.165, 1.54) is 23.1 Å². The van der Waals surface area contributed by atoms with E-state index in [4.69, 9.17) is 24.6 Å². The van der Waals surface area contributed by atoms with E-state index in [0.717, 1.165) is 49.5 Å². The molecule has 2 aromatic heterocycles. The highest BCUT2D eigenvalue weighted by atomic mass is 19.4. The van der Waals surface area contributed by atoms with E-state index >= 15 is 0 Å². The number of nitrogens with one attached hydrogen (secondary N) is 1.